The molecule has 0 aliphatic carbocycles. The maximum atomic E-state index is 12.9. The molecule has 3 aromatic rings. The van der Waals surface area contributed by atoms with E-state index in [4.69, 9.17) is 14.2 Å². The van der Waals surface area contributed by atoms with Crippen molar-refractivity contribution in [3.63, 3.8) is 0 Å². The number of methoxy groups -OCH3 is 1. The number of rotatable bonds is 11. The van der Waals surface area contributed by atoms with Gasteiger partial charge in [0.15, 0.2) is 11.5 Å². The predicted molar refractivity (Wildman–Crippen MR) is 151 cm³/mol. The van der Waals surface area contributed by atoms with Gasteiger partial charge in [-0.15, -0.1) is 0 Å². The summed E-state index contributed by atoms with van der Waals surface area (Å²) in [6, 6.07) is 19.5. The van der Waals surface area contributed by atoms with Crippen LogP contribution in [0.1, 0.15) is 52.2 Å². The molecule has 0 radical (unpaired) electrons. The van der Waals surface area contributed by atoms with E-state index >= 15 is 0 Å². The zero-order valence-corrected chi connectivity index (χ0v) is 23.3. The first-order chi connectivity index (χ1) is 18.1. The predicted octanol–water partition coefficient (Wildman–Crippen LogP) is 6.03. The molecule has 0 spiro atoms. The van der Waals surface area contributed by atoms with E-state index in [0.29, 0.717) is 31.1 Å². The second-order valence-corrected chi connectivity index (χ2v) is 10.5. The average molecular weight is 521 g/mol. The summed E-state index contributed by atoms with van der Waals surface area (Å²) < 4.78 is 17.0. The molecule has 2 amide bonds. The molecule has 1 unspecified atom stereocenters. The molecule has 204 valence electrons. The third-order valence-electron chi connectivity index (χ3n) is 6.37. The average Bonchev–Trinajstić information content (AvgIpc) is 2.89. The van der Waals surface area contributed by atoms with E-state index in [0.717, 1.165) is 22.9 Å². The fourth-order valence-electron chi connectivity index (χ4n) is 4.14. The lowest BCUT2D eigenvalue weighted by Gasteiger charge is -2.26. The van der Waals surface area contributed by atoms with Crippen molar-refractivity contribution in [1.82, 2.24) is 10.6 Å². The van der Waals surface area contributed by atoms with Gasteiger partial charge in [-0.25, -0.2) is 4.79 Å². The molecule has 7 nitrogen and oxygen atoms in total. The Hall–Kier alpha value is -3.74. The summed E-state index contributed by atoms with van der Waals surface area (Å²) in [6.07, 6.45) is 0.748. The first kappa shape index (κ1) is 28.8. The third-order valence-corrected chi connectivity index (χ3v) is 6.37. The number of carbonyl (C=O) groups excluding carboxylic acids is 2. The quantitative estimate of drug-likeness (QED) is 0.323. The van der Waals surface area contributed by atoms with Crippen LogP contribution in [0.3, 0.4) is 0 Å². The molecule has 2 N–H and O–H groups in total. The molecule has 2 atom stereocenters. The molecule has 3 rings (SSSR count). The van der Waals surface area contributed by atoms with Crippen molar-refractivity contribution in [2.24, 2.45) is 5.92 Å². The smallest absolute Gasteiger partial charge is 0.408 e. The van der Waals surface area contributed by atoms with Gasteiger partial charge in [0.2, 0.25) is 5.91 Å². The largest absolute Gasteiger partial charge is 0.493 e. The number of amides is 2. The zero-order valence-electron chi connectivity index (χ0n) is 23.3. The van der Waals surface area contributed by atoms with E-state index in [1.165, 1.54) is 5.39 Å². The maximum absolute atomic E-state index is 12.9. The topological polar surface area (TPSA) is 85.9 Å². The van der Waals surface area contributed by atoms with Gasteiger partial charge in [-0.05, 0) is 67.1 Å². The number of carbonyl (C=O) groups is 2. The number of alkyl carbamates (subject to hydrolysis) is 1. The lowest BCUT2D eigenvalue weighted by Crippen LogP contribution is -2.51. The lowest BCUT2D eigenvalue weighted by atomic mass is 9.98. The molecule has 7 heteroatoms. The van der Waals surface area contributed by atoms with Crippen LogP contribution in [0.25, 0.3) is 10.8 Å². The van der Waals surface area contributed by atoms with Crippen molar-refractivity contribution in [3.8, 4) is 11.5 Å². The highest BCUT2D eigenvalue weighted by Crippen LogP contribution is 2.30. The van der Waals surface area contributed by atoms with Crippen LogP contribution < -0.4 is 20.1 Å². The van der Waals surface area contributed by atoms with Gasteiger partial charge in [0, 0.05) is 6.54 Å². The summed E-state index contributed by atoms with van der Waals surface area (Å²) in [4.78, 5) is 25.2. The normalized spacial score (nSPS) is 12.9. The van der Waals surface area contributed by atoms with E-state index < -0.39 is 17.7 Å². The minimum atomic E-state index is -0.672. The van der Waals surface area contributed by atoms with E-state index in [-0.39, 0.29) is 11.8 Å². The Kier molecular flexibility index (Phi) is 9.99. The van der Waals surface area contributed by atoms with Crippen molar-refractivity contribution in [2.45, 2.75) is 65.7 Å². The molecule has 0 saturated carbocycles. The standard InChI is InChI=1S/C31H40N2O5/c1-7-21(2)28(33-30(35)38-31(3,4)5)29(34)32-18-17-22-15-16-26(27(19-22)36-6)37-20-24-13-10-12-23-11-8-9-14-25(23)24/h8-16,19,21,28H,7,17-18,20H2,1-6H3,(H,32,34)(H,33,35)/t21?,28-/m0/s1. The molecule has 0 fully saturated rings. The highest BCUT2D eigenvalue weighted by Gasteiger charge is 2.28. The SMILES string of the molecule is CCC(C)[C@H](NC(=O)OC(C)(C)C)C(=O)NCCc1ccc(OCc2cccc3ccccc23)c(OC)c1. The van der Waals surface area contributed by atoms with Gasteiger partial charge in [0.05, 0.1) is 7.11 Å². The van der Waals surface area contributed by atoms with Gasteiger partial charge < -0.3 is 24.8 Å². The van der Waals surface area contributed by atoms with Crippen molar-refractivity contribution < 1.29 is 23.8 Å². The Bertz CT molecular complexity index is 1230. The van der Waals surface area contributed by atoms with Gasteiger partial charge in [-0.2, -0.15) is 0 Å². The maximum Gasteiger partial charge on any atom is 0.408 e. The second kappa shape index (κ2) is 13.2. The van der Waals surface area contributed by atoms with Crippen LogP contribution in [0.2, 0.25) is 0 Å². The Morgan fingerprint density at radius 2 is 1.71 bits per heavy atom. The Morgan fingerprint density at radius 1 is 0.974 bits per heavy atom. The summed E-state index contributed by atoms with van der Waals surface area (Å²) >= 11 is 0. The lowest BCUT2D eigenvalue weighted by molar-refractivity contribution is -0.124. The van der Waals surface area contributed by atoms with Crippen LogP contribution in [0, 0.1) is 5.92 Å². The Balaban J connectivity index is 1.58. The number of hydrogen-bond donors (Lipinski definition) is 2. The molecular formula is C31H40N2O5. The summed E-state index contributed by atoms with van der Waals surface area (Å²) in [7, 11) is 1.62. The summed E-state index contributed by atoms with van der Waals surface area (Å²) in [5.74, 6) is 1.03. The second-order valence-electron chi connectivity index (χ2n) is 10.5. The molecule has 0 aliphatic rings. The molecule has 0 aromatic heterocycles. The minimum Gasteiger partial charge on any atom is -0.493 e. The molecule has 3 aromatic carbocycles. The summed E-state index contributed by atoms with van der Waals surface area (Å²) in [5, 5.41) is 8.02. The fraction of sp³-hybridized carbons (Fsp3) is 0.419. The van der Waals surface area contributed by atoms with Crippen molar-refractivity contribution >= 4 is 22.8 Å². The van der Waals surface area contributed by atoms with Crippen molar-refractivity contribution in [3.05, 3.63) is 71.8 Å². The Labute approximate surface area is 225 Å². The minimum absolute atomic E-state index is 0.0409. The summed E-state index contributed by atoms with van der Waals surface area (Å²) in [5.41, 5.74) is 1.47. The molecule has 38 heavy (non-hydrogen) atoms. The molecular weight excluding hydrogens is 480 g/mol. The Morgan fingerprint density at radius 3 is 2.42 bits per heavy atom. The van der Waals surface area contributed by atoms with Gasteiger partial charge in [-0.3, -0.25) is 4.79 Å². The number of ether oxygens (including phenoxy) is 3. The number of hydrogen-bond acceptors (Lipinski definition) is 5. The number of benzene rings is 3. The van der Waals surface area contributed by atoms with E-state index in [2.05, 4.69) is 34.9 Å². The van der Waals surface area contributed by atoms with E-state index in [1.807, 2.05) is 50.2 Å². The fourth-order valence-corrected chi connectivity index (χ4v) is 4.14. The van der Waals surface area contributed by atoms with Crippen LogP contribution >= 0.6 is 0 Å². The molecule has 0 heterocycles. The van der Waals surface area contributed by atoms with Crippen LogP contribution in [0.5, 0.6) is 11.5 Å². The first-order valence-electron chi connectivity index (χ1n) is 13.1. The molecule has 0 saturated heterocycles. The van der Waals surface area contributed by atoms with Gasteiger partial charge in [0.25, 0.3) is 0 Å². The van der Waals surface area contributed by atoms with Crippen molar-refractivity contribution in [2.75, 3.05) is 13.7 Å². The first-order valence-corrected chi connectivity index (χ1v) is 13.1. The third kappa shape index (κ3) is 8.13. The van der Waals surface area contributed by atoms with Crippen LogP contribution in [0.4, 0.5) is 4.79 Å². The monoisotopic (exact) mass is 520 g/mol. The molecule has 0 aliphatic heterocycles. The summed E-state index contributed by atoms with van der Waals surface area (Å²) in [6.45, 7) is 10.1. The highest BCUT2D eigenvalue weighted by molar-refractivity contribution is 5.86. The van der Waals surface area contributed by atoms with Crippen LogP contribution in [-0.2, 0) is 22.6 Å². The van der Waals surface area contributed by atoms with Crippen molar-refractivity contribution in [1.29, 1.82) is 0 Å². The van der Waals surface area contributed by atoms with Crippen LogP contribution in [-0.4, -0.2) is 37.3 Å². The van der Waals surface area contributed by atoms with Gasteiger partial charge in [-0.1, -0.05) is 68.8 Å². The van der Waals surface area contributed by atoms with E-state index in [9.17, 15) is 9.59 Å². The number of nitrogens with one attached hydrogen (secondary N) is 2. The van der Waals surface area contributed by atoms with Gasteiger partial charge >= 0.3 is 6.09 Å². The van der Waals surface area contributed by atoms with E-state index in [1.54, 1.807) is 27.9 Å². The van der Waals surface area contributed by atoms with Gasteiger partial charge in [0.1, 0.15) is 18.2 Å². The molecule has 0 bridgehead atoms. The van der Waals surface area contributed by atoms with Crippen LogP contribution in [0.15, 0.2) is 60.7 Å². The number of fused-ring (bicyclic) bond motifs is 1. The highest BCUT2D eigenvalue weighted by atomic mass is 16.6. The zero-order chi connectivity index (χ0) is 27.7.